The highest BCUT2D eigenvalue weighted by molar-refractivity contribution is 5.30. The average molecular weight is 238 g/mol. The Labute approximate surface area is 95.9 Å². The van der Waals surface area contributed by atoms with Crippen LogP contribution in [0.4, 0.5) is 13.2 Å². The van der Waals surface area contributed by atoms with E-state index < -0.39 is 23.5 Å². The van der Waals surface area contributed by atoms with Crippen LogP contribution in [0.2, 0.25) is 0 Å². The summed E-state index contributed by atoms with van der Waals surface area (Å²) in [7, 11) is 0. The van der Waals surface area contributed by atoms with Crippen molar-refractivity contribution >= 4 is 0 Å². The maximum absolute atomic E-state index is 13.4. The van der Waals surface area contributed by atoms with Crippen molar-refractivity contribution in [1.82, 2.24) is 4.98 Å². The molecule has 1 aromatic carbocycles. The Bertz CT molecular complexity index is 523. The van der Waals surface area contributed by atoms with Gasteiger partial charge in [-0.3, -0.25) is 4.98 Å². The summed E-state index contributed by atoms with van der Waals surface area (Å²) in [6, 6.07) is 4.61. The largest absolute Gasteiger partial charge is 0.319 e. The van der Waals surface area contributed by atoms with Crippen LogP contribution in [-0.4, -0.2) is 4.98 Å². The molecule has 1 unspecified atom stereocenters. The number of halogens is 3. The number of pyridine rings is 1. The molecule has 0 saturated heterocycles. The van der Waals surface area contributed by atoms with Crippen molar-refractivity contribution in [3.05, 3.63) is 65.2 Å². The number of nitrogens with zero attached hydrogens (tertiary/aromatic N) is 1. The molecule has 1 atom stereocenters. The molecule has 2 nitrogen and oxygen atoms in total. The Balaban J connectivity index is 2.51. The summed E-state index contributed by atoms with van der Waals surface area (Å²) in [4.78, 5) is 3.70. The van der Waals surface area contributed by atoms with Gasteiger partial charge in [-0.25, -0.2) is 13.2 Å². The number of hydrogen-bond acceptors (Lipinski definition) is 2. The second kappa shape index (κ2) is 4.55. The van der Waals surface area contributed by atoms with E-state index in [1.54, 1.807) is 0 Å². The predicted octanol–water partition coefficient (Wildman–Crippen LogP) is 2.55. The molecule has 88 valence electrons. The molecule has 0 aliphatic heterocycles. The number of nitrogens with two attached hydrogens (primary N) is 1. The lowest BCUT2D eigenvalue weighted by molar-refractivity contribution is 0.526. The normalized spacial score (nSPS) is 12.5. The van der Waals surface area contributed by atoms with Crippen LogP contribution in [0.25, 0.3) is 0 Å². The third-order valence-corrected chi connectivity index (χ3v) is 2.39. The van der Waals surface area contributed by atoms with Gasteiger partial charge in [0.2, 0.25) is 0 Å². The lowest BCUT2D eigenvalue weighted by Gasteiger charge is -2.13. The second-order valence-corrected chi connectivity index (χ2v) is 3.48. The Morgan fingerprint density at radius 2 is 1.53 bits per heavy atom. The molecule has 1 aromatic heterocycles. The van der Waals surface area contributed by atoms with Crippen molar-refractivity contribution in [3.8, 4) is 0 Å². The van der Waals surface area contributed by atoms with Crippen molar-refractivity contribution < 1.29 is 13.2 Å². The highest BCUT2D eigenvalue weighted by Gasteiger charge is 2.21. The highest BCUT2D eigenvalue weighted by atomic mass is 19.1. The molecule has 17 heavy (non-hydrogen) atoms. The van der Waals surface area contributed by atoms with Crippen LogP contribution in [0.15, 0.2) is 36.5 Å². The first-order valence-electron chi connectivity index (χ1n) is 4.91. The van der Waals surface area contributed by atoms with Gasteiger partial charge in [-0.2, -0.15) is 0 Å². The van der Waals surface area contributed by atoms with Gasteiger partial charge in [0.05, 0.1) is 11.7 Å². The van der Waals surface area contributed by atoms with Crippen molar-refractivity contribution in [2.45, 2.75) is 6.04 Å². The van der Waals surface area contributed by atoms with Crippen molar-refractivity contribution in [2.24, 2.45) is 5.73 Å². The van der Waals surface area contributed by atoms with E-state index in [4.69, 9.17) is 5.73 Å². The molecule has 2 aromatic rings. The van der Waals surface area contributed by atoms with Crippen molar-refractivity contribution in [1.29, 1.82) is 0 Å². The topological polar surface area (TPSA) is 38.9 Å². The fraction of sp³-hybridized carbons (Fsp3) is 0.0833. The average Bonchev–Trinajstić information content (AvgIpc) is 2.29. The van der Waals surface area contributed by atoms with Crippen LogP contribution in [0.5, 0.6) is 0 Å². The minimum atomic E-state index is -1.27. The third kappa shape index (κ3) is 2.14. The fourth-order valence-corrected chi connectivity index (χ4v) is 1.57. The minimum Gasteiger partial charge on any atom is -0.319 e. The first kappa shape index (κ1) is 11.6. The molecule has 0 aliphatic carbocycles. The van der Waals surface area contributed by atoms with Crippen molar-refractivity contribution in [3.63, 3.8) is 0 Å². The van der Waals surface area contributed by atoms with E-state index in [9.17, 15) is 13.2 Å². The maximum atomic E-state index is 13.4. The van der Waals surface area contributed by atoms with Gasteiger partial charge in [0, 0.05) is 11.8 Å². The van der Waals surface area contributed by atoms with Crippen LogP contribution in [-0.2, 0) is 0 Å². The standard InChI is InChI=1S/C12H9F3N2/c13-7-3-1-4-8(14)10(7)11(16)12-9(15)5-2-6-17-12/h1-6,11H,16H2. The smallest absolute Gasteiger partial charge is 0.146 e. The van der Waals surface area contributed by atoms with E-state index in [0.717, 1.165) is 18.2 Å². The Morgan fingerprint density at radius 1 is 0.941 bits per heavy atom. The summed E-state index contributed by atoms with van der Waals surface area (Å²) < 4.78 is 40.3. The van der Waals surface area contributed by atoms with Crippen LogP contribution in [0.1, 0.15) is 17.3 Å². The minimum absolute atomic E-state index is 0.184. The van der Waals surface area contributed by atoms with Gasteiger partial charge < -0.3 is 5.73 Å². The molecule has 0 bridgehead atoms. The van der Waals surface area contributed by atoms with Gasteiger partial charge in [-0.05, 0) is 24.3 Å². The van der Waals surface area contributed by atoms with Gasteiger partial charge in [0.1, 0.15) is 17.5 Å². The summed E-state index contributed by atoms with van der Waals surface area (Å²) in [6.07, 6.45) is 1.32. The van der Waals surface area contributed by atoms with Gasteiger partial charge in [-0.15, -0.1) is 0 Å². The number of rotatable bonds is 2. The molecular weight excluding hydrogens is 229 g/mol. The summed E-state index contributed by atoms with van der Waals surface area (Å²) >= 11 is 0. The molecule has 0 spiro atoms. The van der Waals surface area contributed by atoms with Crippen LogP contribution in [0.3, 0.4) is 0 Å². The lowest BCUT2D eigenvalue weighted by atomic mass is 10.0. The number of aromatic nitrogens is 1. The SMILES string of the molecule is NC(c1ncccc1F)c1c(F)cccc1F. The summed E-state index contributed by atoms with van der Waals surface area (Å²) in [5.74, 6) is -2.33. The molecule has 0 saturated carbocycles. The zero-order valence-electron chi connectivity index (χ0n) is 8.70. The first-order valence-corrected chi connectivity index (χ1v) is 4.91. The molecule has 2 N–H and O–H groups in total. The first-order chi connectivity index (χ1) is 8.11. The third-order valence-electron chi connectivity index (χ3n) is 2.39. The van der Waals surface area contributed by atoms with E-state index in [-0.39, 0.29) is 11.3 Å². The van der Waals surface area contributed by atoms with E-state index >= 15 is 0 Å². The maximum Gasteiger partial charge on any atom is 0.146 e. The summed E-state index contributed by atoms with van der Waals surface area (Å²) in [6.45, 7) is 0. The predicted molar refractivity (Wildman–Crippen MR) is 56.6 cm³/mol. The Hall–Kier alpha value is -1.88. The quantitative estimate of drug-likeness (QED) is 0.873. The van der Waals surface area contributed by atoms with E-state index in [1.165, 1.54) is 18.3 Å². The monoisotopic (exact) mass is 238 g/mol. The highest BCUT2D eigenvalue weighted by Crippen LogP contribution is 2.24. The summed E-state index contributed by atoms with van der Waals surface area (Å²) in [5, 5.41) is 0. The number of benzene rings is 1. The summed E-state index contributed by atoms with van der Waals surface area (Å²) in [5.41, 5.74) is 5.07. The van der Waals surface area contributed by atoms with Gasteiger partial charge in [0.15, 0.2) is 0 Å². The fourth-order valence-electron chi connectivity index (χ4n) is 1.57. The molecule has 0 amide bonds. The second-order valence-electron chi connectivity index (χ2n) is 3.48. The molecule has 0 radical (unpaired) electrons. The van der Waals surface area contributed by atoms with Gasteiger partial charge in [0.25, 0.3) is 0 Å². The van der Waals surface area contributed by atoms with Crippen LogP contribution >= 0.6 is 0 Å². The van der Waals surface area contributed by atoms with Crippen molar-refractivity contribution in [2.75, 3.05) is 0 Å². The molecule has 1 heterocycles. The zero-order chi connectivity index (χ0) is 12.4. The number of hydrogen-bond donors (Lipinski definition) is 1. The molecular formula is C12H9F3N2. The Morgan fingerprint density at radius 3 is 2.12 bits per heavy atom. The lowest BCUT2D eigenvalue weighted by Crippen LogP contribution is -2.18. The molecule has 0 fully saturated rings. The molecule has 0 aliphatic rings. The van der Waals surface area contributed by atoms with Crippen LogP contribution in [0, 0.1) is 17.5 Å². The Kier molecular flexibility index (Phi) is 3.10. The van der Waals surface area contributed by atoms with Crippen LogP contribution < -0.4 is 5.73 Å². The zero-order valence-corrected chi connectivity index (χ0v) is 8.70. The van der Waals surface area contributed by atoms with Gasteiger partial charge in [-0.1, -0.05) is 6.07 Å². The van der Waals surface area contributed by atoms with E-state index in [2.05, 4.69) is 4.98 Å². The van der Waals surface area contributed by atoms with E-state index in [1.807, 2.05) is 0 Å². The molecule has 5 heteroatoms. The molecule has 2 rings (SSSR count). The van der Waals surface area contributed by atoms with E-state index in [0.29, 0.717) is 0 Å². The van der Waals surface area contributed by atoms with Gasteiger partial charge >= 0.3 is 0 Å².